The Kier molecular flexibility index (Phi) is 11.8. The molecule has 0 aliphatic heterocycles. The van der Waals surface area contributed by atoms with Crippen LogP contribution in [0, 0.1) is 6.92 Å². The largest absolute Gasteiger partial charge is 0.489 e. The summed E-state index contributed by atoms with van der Waals surface area (Å²) in [6.45, 7) is 3.33. The van der Waals surface area contributed by atoms with E-state index in [-0.39, 0.29) is 5.69 Å². The number of hydrogen-bond acceptors (Lipinski definition) is 4. The predicted molar refractivity (Wildman–Crippen MR) is 175 cm³/mol. The first kappa shape index (κ1) is 31.5. The minimum atomic E-state index is -1.03. The summed E-state index contributed by atoms with van der Waals surface area (Å²) in [6, 6.07) is 33.5. The third kappa shape index (κ3) is 9.31. The number of ether oxygens (including phenoxy) is 2. The SMILES string of the molecule is BrCc1cc(Br)ccc1OCc1ccccc1.Cc1cc(C(=O)O)nn1Cc1cc(Br)ccc1OCc1ccccc1. The number of hydrogen-bond donors (Lipinski definition) is 1. The minimum Gasteiger partial charge on any atom is -0.489 e. The van der Waals surface area contributed by atoms with E-state index in [4.69, 9.17) is 14.6 Å². The zero-order valence-electron chi connectivity index (χ0n) is 22.8. The Hall–Kier alpha value is -3.40. The number of rotatable bonds is 10. The van der Waals surface area contributed by atoms with Crippen LogP contribution in [0.4, 0.5) is 0 Å². The molecule has 0 fully saturated rings. The third-order valence-electron chi connectivity index (χ3n) is 6.18. The van der Waals surface area contributed by atoms with Crippen LogP contribution in [0.15, 0.2) is 112 Å². The molecule has 6 nitrogen and oxygen atoms in total. The molecule has 0 atom stereocenters. The predicted octanol–water partition coefficient (Wildman–Crippen LogP) is 9.20. The number of benzene rings is 4. The maximum Gasteiger partial charge on any atom is 0.356 e. The van der Waals surface area contributed by atoms with Crippen molar-refractivity contribution in [2.45, 2.75) is 32.0 Å². The summed E-state index contributed by atoms with van der Waals surface area (Å²) in [7, 11) is 0. The van der Waals surface area contributed by atoms with Crippen molar-refractivity contribution in [3.63, 3.8) is 0 Å². The molecule has 1 aromatic heterocycles. The normalized spacial score (nSPS) is 10.5. The van der Waals surface area contributed by atoms with E-state index in [1.807, 2.05) is 85.8 Å². The number of carboxylic acids is 1. The third-order valence-corrected chi connectivity index (χ3v) is 7.77. The monoisotopic (exact) mass is 754 g/mol. The summed E-state index contributed by atoms with van der Waals surface area (Å²) in [4.78, 5) is 11.1. The van der Waals surface area contributed by atoms with E-state index in [1.165, 1.54) is 5.56 Å². The number of aromatic carboxylic acids is 1. The van der Waals surface area contributed by atoms with Gasteiger partial charge in [-0.05, 0) is 60.5 Å². The van der Waals surface area contributed by atoms with Crippen LogP contribution in [0.25, 0.3) is 0 Å². The number of halogens is 3. The fraction of sp³-hybridized carbons (Fsp3) is 0.152. The van der Waals surface area contributed by atoms with Gasteiger partial charge < -0.3 is 14.6 Å². The molecule has 0 unspecified atom stereocenters. The zero-order chi connectivity index (χ0) is 29.9. The Morgan fingerprint density at radius 1 is 0.762 bits per heavy atom. The van der Waals surface area contributed by atoms with Crippen molar-refractivity contribution in [3.8, 4) is 11.5 Å². The second-order valence-electron chi connectivity index (χ2n) is 9.32. The van der Waals surface area contributed by atoms with Crippen LogP contribution in [0.5, 0.6) is 11.5 Å². The van der Waals surface area contributed by atoms with Gasteiger partial charge in [0.2, 0.25) is 0 Å². The van der Waals surface area contributed by atoms with Crippen molar-refractivity contribution in [1.29, 1.82) is 0 Å². The molecular formula is C33H29Br3N2O4. The van der Waals surface area contributed by atoms with Crippen molar-refractivity contribution >= 4 is 53.8 Å². The molecule has 42 heavy (non-hydrogen) atoms. The highest BCUT2D eigenvalue weighted by atomic mass is 79.9. The van der Waals surface area contributed by atoms with E-state index in [2.05, 4.69) is 71.1 Å². The average molecular weight is 757 g/mol. The van der Waals surface area contributed by atoms with Crippen LogP contribution in [-0.4, -0.2) is 20.9 Å². The molecule has 0 saturated heterocycles. The van der Waals surface area contributed by atoms with Gasteiger partial charge in [0.05, 0.1) is 6.54 Å². The molecule has 0 amide bonds. The maximum absolute atomic E-state index is 11.1. The highest BCUT2D eigenvalue weighted by molar-refractivity contribution is 9.10. The smallest absolute Gasteiger partial charge is 0.356 e. The summed E-state index contributed by atoms with van der Waals surface area (Å²) >= 11 is 10.4. The molecule has 5 rings (SSSR count). The molecule has 0 bridgehead atoms. The topological polar surface area (TPSA) is 73.6 Å². The van der Waals surface area contributed by atoms with Crippen molar-refractivity contribution in [1.82, 2.24) is 9.78 Å². The summed E-state index contributed by atoms with van der Waals surface area (Å²) in [5, 5.41) is 14.0. The molecule has 216 valence electrons. The highest BCUT2D eigenvalue weighted by Crippen LogP contribution is 2.27. The summed E-state index contributed by atoms with van der Waals surface area (Å²) in [5.74, 6) is 0.643. The van der Waals surface area contributed by atoms with Crippen LogP contribution in [0.1, 0.15) is 38.4 Å². The first-order valence-corrected chi connectivity index (χ1v) is 15.8. The fourth-order valence-corrected chi connectivity index (χ4v) is 5.27. The Bertz CT molecular complexity index is 1610. The van der Waals surface area contributed by atoms with E-state index in [0.717, 1.165) is 48.2 Å². The number of carboxylic acid groups (broad SMARTS) is 1. The molecule has 1 N–H and O–H groups in total. The van der Waals surface area contributed by atoms with Crippen LogP contribution in [-0.2, 0) is 25.1 Å². The van der Waals surface area contributed by atoms with Crippen molar-refractivity contribution < 1.29 is 19.4 Å². The van der Waals surface area contributed by atoms with Gasteiger partial charge in [0, 0.05) is 31.1 Å². The zero-order valence-corrected chi connectivity index (χ0v) is 27.6. The molecule has 1 heterocycles. The van der Waals surface area contributed by atoms with Gasteiger partial charge in [0.25, 0.3) is 0 Å². The molecule has 4 aromatic carbocycles. The molecule has 9 heteroatoms. The van der Waals surface area contributed by atoms with E-state index in [9.17, 15) is 4.79 Å². The summed E-state index contributed by atoms with van der Waals surface area (Å²) in [5.41, 5.74) is 5.16. The van der Waals surface area contributed by atoms with Gasteiger partial charge in [0.1, 0.15) is 24.7 Å². The number of aryl methyl sites for hydroxylation is 1. The van der Waals surface area contributed by atoms with Crippen LogP contribution >= 0.6 is 47.8 Å². The Morgan fingerprint density at radius 3 is 1.74 bits per heavy atom. The van der Waals surface area contributed by atoms with Crippen molar-refractivity contribution in [3.05, 3.63) is 146 Å². The molecule has 0 aliphatic rings. The second kappa shape index (κ2) is 15.7. The first-order chi connectivity index (χ1) is 20.3. The fourth-order valence-electron chi connectivity index (χ4n) is 4.01. The van der Waals surface area contributed by atoms with Crippen LogP contribution in [0.3, 0.4) is 0 Å². The highest BCUT2D eigenvalue weighted by Gasteiger charge is 2.13. The lowest BCUT2D eigenvalue weighted by molar-refractivity contribution is 0.0689. The van der Waals surface area contributed by atoms with Crippen molar-refractivity contribution in [2.24, 2.45) is 0 Å². The number of aromatic nitrogens is 2. The Morgan fingerprint density at radius 2 is 1.26 bits per heavy atom. The number of carbonyl (C=O) groups is 1. The van der Waals surface area contributed by atoms with E-state index < -0.39 is 5.97 Å². The second-order valence-corrected chi connectivity index (χ2v) is 11.7. The van der Waals surface area contributed by atoms with Gasteiger partial charge >= 0.3 is 5.97 Å². The standard InChI is InChI=1S/C19H17BrN2O3.C14H12Br2O/c1-13-9-17(19(23)24)21-22(13)11-15-10-16(20)7-8-18(15)25-12-14-5-3-2-4-6-14;15-9-12-8-13(16)6-7-14(12)17-10-11-4-2-1-3-5-11/h2-10H,11-12H2,1H3,(H,23,24);1-8H,9-10H2. The van der Waals surface area contributed by atoms with Gasteiger partial charge in [-0.1, -0.05) is 108 Å². The Balaban J connectivity index is 0.000000208. The lowest BCUT2D eigenvalue weighted by atomic mass is 10.2. The lowest BCUT2D eigenvalue weighted by Crippen LogP contribution is -2.08. The van der Waals surface area contributed by atoms with E-state index in [1.54, 1.807) is 10.7 Å². The molecule has 0 aliphatic carbocycles. The molecule has 0 spiro atoms. The van der Waals surface area contributed by atoms with Gasteiger partial charge in [-0.15, -0.1) is 0 Å². The summed E-state index contributed by atoms with van der Waals surface area (Å²) < 4.78 is 15.4. The average Bonchev–Trinajstić information content (AvgIpc) is 3.37. The van der Waals surface area contributed by atoms with Crippen LogP contribution in [0.2, 0.25) is 0 Å². The lowest BCUT2D eigenvalue weighted by Gasteiger charge is -2.13. The van der Waals surface area contributed by atoms with E-state index >= 15 is 0 Å². The molecule has 0 saturated carbocycles. The van der Waals surface area contributed by atoms with Gasteiger partial charge in [-0.3, -0.25) is 4.68 Å². The molecular weight excluding hydrogens is 728 g/mol. The molecule has 5 aromatic rings. The summed E-state index contributed by atoms with van der Waals surface area (Å²) in [6.07, 6.45) is 0. The minimum absolute atomic E-state index is 0.0410. The maximum atomic E-state index is 11.1. The van der Waals surface area contributed by atoms with Gasteiger partial charge in [-0.2, -0.15) is 5.10 Å². The quantitative estimate of drug-likeness (QED) is 0.144. The van der Waals surface area contributed by atoms with E-state index in [0.29, 0.717) is 19.8 Å². The Labute approximate surface area is 270 Å². The number of nitrogens with zero attached hydrogens (tertiary/aromatic N) is 2. The first-order valence-electron chi connectivity index (χ1n) is 13.1. The number of alkyl halides is 1. The molecule has 0 radical (unpaired) electrons. The van der Waals surface area contributed by atoms with Crippen molar-refractivity contribution in [2.75, 3.05) is 0 Å². The van der Waals surface area contributed by atoms with Gasteiger partial charge in [0.15, 0.2) is 5.69 Å². The van der Waals surface area contributed by atoms with Gasteiger partial charge in [-0.25, -0.2) is 4.79 Å². The van der Waals surface area contributed by atoms with Crippen LogP contribution < -0.4 is 9.47 Å².